The van der Waals surface area contributed by atoms with Crippen molar-refractivity contribution in [2.45, 2.75) is 77.6 Å². The fourth-order valence-corrected chi connectivity index (χ4v) is 7.51. The van der Waals surface area contributed by atoms with Crippen molar-refractivity contribution in [3.8, 4) is 0 Å². The molecule has 0 saturated heterocycles. The minimum Gasteiger partial charge on any atom is -0.481 e. The number of hydrogen-bond acceptors (Lipinski definition) is 6. The molecule has 0 spiro atoms. The molecule has 0 aliphatic heterocycles. The lowest BCUT2D eigenvalue weighted by molar-refractivity contribution is -0.196. The maximum atomic E-state index is 12.8. The van der Waals surface area contributed by atoms with Crippen molar-refractivity contribution >= 4 is 35.8 Å². The Morgan fingerprint density at radius 2 is 1.08 bits per heavy atom. The third-order valence-corrected chi connectivity index (χ3v) is 9.96. The predicted molar refractivity (Wildman–Crippen MR) is 122 cm³/mol. The predicted octanol–water partition coefficient (Wildman–Crippen LogP) is 2.64. The molecule has 0 radical (unpaired) electrons. The molecule has 12 nitrogen and oxygen atoms in total. The monoisotopic (exact) mass is 526 g/mol. The number of carbonyl (C=O) groups is 6. The van der Waals surface area contributed by atoms with Crippen LogP contribution in [-0.4, -0.2) is 66.5 Å². The largest absolute Gasteiger partial charge is 0.481 e. The van der Waals surface area contributed by atoms with Crippen LogP contribution in [0.5, 0.6) is 0 Å². The van der Waals surface area contributed by atoms with Crippen molar-refractivity contribution < 1.29 is 59.4 Å². The van der Waals surface area contributed by atoms with Gasteiger partial charge in [0.15, 0.2) is 10.8 Å². The zero-order chi connectivity index (χ0) is 28.0. The number of carboxylic acid groups (broad SMARTS) is 6. The summed E-state index contributed by atoms with van der Waals surface area (Å²) in [7, 11) is 0. The Hall–Kier alpha value is -3.18. The first-order valence-corrected chi connectivity index (χ1v) is 12.5. The van der Waals surface area contributed by atoms with Gasteiger partial charge < -0.3 is 30.6 Å². The van der Waals surface area contributed by atoms with E-state index in [2.05, 4.69) is 0 Å². The van der Waals surface area contributed by atoms with E-state index in [0.29, 0.717) is 12.8 Å². The Labute approximate surface area is 212 Å². The SMILES string of the molecule is CC1(C(=O)O)CCC(C(=O)O)(C2CC(C3CCCCC3(C(=O)O)C(=O)O)CCC2(C(=O)O)C(=O)O)CC1. The van der Waals surface area contributed by atoms with Gasteiger partial charge in [-0.15, -0.1) is 0 Å². The van der Waals surface area contributed by atoms with Crippen molar-refractivity contribution in [1.29, 1.82) is 0 Å². The molecule has 3 aliphatic rings. The van der Waals surface area contributed by atoms with E-state index >= 15 is 0 Å². The van der Waals surface area contributed by atoms with E-state index in [1.54, 1.807) is 0 Å². The van der Waals surface area contributed by atoms with Gasteiger partial charge in [0, 0.05) is 5.92 Å². The van der Waals surface area contributed by atoms with Crippen LogP contribution in [0.1, 0.15) is 77.6 Å². The van der Waals surface area contributed by atoms with Gasteiger partial charge in [0.2, 0.25) is 0 Å². The lowest BCUT2D eigenvalue weighted by Gasteiger charge is -2.54. The van der Waals surface area contributed by atoms with Crippen LogP contribution in [0.3, 0.4) is 0 Å². The van der Waals surface area contributed by atoms with E-state index in [-0.39, 0.29) is 51.4 Å². The van der Waals surface area contributed by atoms with Crippen LogP contribution in [0.2, 0.25) is 0 Å². The number of aliphatic carboxylic acids is 6. The van der Waals surface area contributed by atoms with Crippen LogP contribution in [0.15, 0.2) is 0 Å². The molecule has 0 heterocycles. The number of hydrogen-bond donors (Lipinski definition) is 6. The Kier molecular flexibility index (Phi) is 7.37. The summed E-state index contributed by atoms with van der Waals surface area (Å²) in [6, 6.07) is 0. The van der Waals surface area contributed by atoms with Gasteiger partial charge in [-0.25, -0.2) is 0 Å². The summed E-state index contributed by atoms with van der Waals surface area (Å²) < 4.78 is 0. The van der Waals surface area contributed by atoms with Gasteiger partial charge in [0.05, 0.1) is 10.8 Å². The van der Waals surface area contributed by atoms with Crippen molar-refractivity contribution in [3.63, 3.8) is 0 Å². The van der Waals surface area contributed by atoms with E-state index in [0.717, 1.165) is 0 Å². The first-order valence-electron chi connectivity index (χ1n) is 12.5. The molecule has 37 heavy (non-hydrogen) atoms. The fraction of sp³-hybridized carbons (Fsp3) is 0.760. The summed E-state index contributed by atoms with van der Waals surface area (Å²) >= 11 is 0. The maximum absolute atomic E-state index is 12.8. The second kappa shape index (κ2) is 9.60. The summed E-state index contributed by atoms with van der Waals surface area (Å²) in [6.07, 6.45) is -0.600. The molecule has 12 heteroatoms. The van der Waals surface area contributed by atoms with Crippen molar-refractivity contribution in [1.82, 2.24) is 0 Å². The molecule has 3 atom stereocenters. The quantitative estimate of drug-likeness (QED) is 0.251. The Bertz CT molecular complexity index is 977. The van der Waals surface area contributed by atoms with Crippen molar-refractivity contribution in [3.05, 3.63) is 0 Å². The van der Waals surface area contributed by atoms with Gasteiger partial charge >= 0.3 is 35.8 Å². The van der Waals surface area contributed by atoms with Crippen LogP contribution < -0.4 is 0 Å². The zero-order valence-corrected chi connectivity index (χ0v) is 20.6. The normalized spacial score (nSPS) is 35.1. The molecule has 0 amide bonds. The van der Waals surface area contributed by atoms with Gasteiger partial charge in [-0.3, -0.25) is 28.8 Å². The molecular weight excluding hydrogens is 492 g/mol. The second-order valence-electron chi connectivity index (χ2n) is 11.4. The average Bonchev–Trinajstić information content (AvgIpc) is 2.83. The molecule has 0 bridgehead atoms. The standard InChI is InChI=1S/C25H34O12/c1-22(16(26)27)8-10-23(11-9-22,17(28)29)15-12-13(5-7-25(15,20(34)35)21(36)37)14-4-2-3-6-24(14,18(30)31)19(32)33/h13-15H,2-12H2,1H3,(H,26,27)(H,28,29)(H,30,31)(H,32,33)(H,34,35)(H,36,37). The minimum absolute atomic E-state index is 0.0788. The van der Waals surface area contributed by atoms with E-state index < -0.39 is 81.7 Å². The molecule has 0 aromatic heterocycles. The molecule has 6 N–H and O–H groups in total. The third kappa shape index (κ3) is 4.14. The maximum Gasteiger partial charge on any atom is 0.321 e. The van der Waals surface area contributed by atoms with E-state index in [1.165, 1.54) is 6.92 Å². The van der Waals surface area contributed by atoms with Crippen LogP contribution in [0.4, 0.5) is 0 Å². The molecule has 0 aromatic rings. The molecule has 0 aromatic carbocycles. The summed E-state index contributed by atoms with van der Waals surface area (Å²) in [5, 5.41) is 60.3. The summed E-state index contributed by atoms with van der Waals surface area (Å²) in [5.41, 5.74) is -7.76. The molecule has 3 unspecified atom stereocenters. The lowest BCUT2D eigenvalue weighted by atomic mass is 9.46. The van der Waals surface area contributed by atoms with Crippen LogP contribution in [-0.2, 0) is 28.8 Å². The van der Waals surface area contributed by atoms with Crippen LogP contribution in [0, 0.1) is 39.4 Å². The molecule has 3 fully saturated rings. The first kappa shape index (κ1) is 28.4. The summed E-state index contributed by atoms with van der Waals surface area (Å²) in [6.45, 7) is 1.46. The van der Waals surface area contributed by atoms with E-state index in [9.17, 15) is 59.4 Å². The van der Waals surface area contributed by atoms with Gasteiger partial charge in [-0.05, 0) is 76.5 Å². The highest BCUT2D eigenvalue weighted by Gasteiger charge is 2.67. The smallest absolute Gasteiger partial charge is 0.321 e. The Morgan fingerprint density at radius 1 is 0.568 bits per heavy atom. The summed E-state index contributed by atoms with van der Waals surface area (Å²) in [5.74, 6) is -12.2. The summed E-state index contributed by atoms with van der Waals surface area (Å²) in [4.78, 5) is 74.2. The lowest BCUT2D eigenvalue weighted by Crippen LogP contribution is -2.60. The second-order valence-corrected chi connectivity index (χ2v) is 11.4. The molecule has 3 saturated carbocycles. The highest BCUT2D eigenvalue weighted by molar-refractivity contribution is 6.00. The van der Waals surface area contributed by atoms with E-state index in [1.807, 2.05) is 0 Å². The fourth-order valence-electron chi connectivity index (χ4n) is 7.51. The highest BCUT2D eigenvalue weighted by atomic mass is 16.4. The van der Waals surface area contributed by atoms with E-state index in [4.69, 9.17) is 0 Å². The Balaban J connectivity index is 2.13. The Morgan fingerprint density at radius 3 is 1.51 bits per heavy atom. The van der Waals surface area contributed by atoms with Gasteiger partial charge in [-0.2, -0.15) is 0 Å². The van der Waals surface area contributed by atoms with Crippen molar-refractivity contribution in [2.75, 3.05) is 0 Å². The van der Waals surface area contributed by atoms with Crippen LogP contribution >= 0.6 is 0 Å². The third-order valence-electron chi connectivity index (χ3n) is 9.96. The van der Waals surface area contributed by atoms with Crippen LogP contribution in [0.25, 0.3) is 0 Å². The molecule has 3 rings (SSSR count). The highest BCUT2D eigenvalue weighted by Crippen LogP contribution is 2.62. The molecular formula is C25H34O12. The topological polar surface area (TPSA) is 224 Å². The molecule has 3 aliphatic carbocycles. The van der Waals surface area contributed by atoms with Crippen molar-refractivity contribution in [2.24, 2.45) is 39.4 Å². The average molecular weight is 527 g/mol. The van der Waals surface area contributed by atoms with Gasteiger partial charge in [0.1, 0.15) is 0 Å². The number of carboxylic acids is 6. The first-order chi connectivity index (χ1) is 17.1. The zero-order valence-electron chi connectivity index (χ0n) is 20.6. The minimum atomic E-state index is -2.49. The molecule has 206 valence electrons. The van der Waals surface area contributed by atoms with Gasteiger partial charge in [-0.1, -0.05) is 12.8 Å². The number of rotatable bonds is 8. The van der Waals surface area contributed by atoms with Gasteiger partial charge in [0.25, 0.3) is 0 Å².